The molecular weight excluding hydrogens is 422 g/mol. The van der Waals surface area contributed by atoms with Crippen LogP contribution in [0.1, 0.15) is 39.3 Å². The third-order valence-corrected chi connectivity index (χ3v) is 6.59. The summed E-state index contributed by atoms with van der Waals surface area (Å²) >= 11 is 5.92. The monoisotopic (exact) mass is 451 g/mol. The Hall–Kier alpha value is -2.09. The lowest BCUT2D eigenvalue weighted by Crippen LogP contribution is -2.43. The normalized spacial score (nSPS) is 13.5. The van der Waals surface area contributed by atoms with Crippen molar-refractivity contribution in [2.24, 2.45) is 4.40 Å². The summed E-state index contributed by atoms with van der Waals surface area (Å²) in [5, 5.41) is 10.2. The van der Waals surface area contributed by atoms with Crippen molar-refractivity contribution in [1.29, 1.82) is 0 Å². The Bertz CT molecular complexity index is 937. The van der Waals surface area contributed by atoms with Crippen molar-refractivity contribution in [3.63, 3.8) is 0 Å². The minimum atomic E-state index is -3.94. The van der Waals surface area contributed by atoms with Gasteiger partial charge in [0.2, 0.25) is 0 Å². The van der Waals surface area contributed by atoms with Gasteiger partial charge in [0.1, 0.15) is 11.6 Å². The summed E-state index contributed by atoms with van der Waals surface area (Å²) in [7, 11) is -3.94. The Morgan fingerprint density at radius 2 is 1.47 bits per heavy atom. The number of phenols is 1. The minimum absolute atomic E-state index is 0.0977. The number of nitrogens with zero attached hydrogens (tertiary/aromatic N) is 3. The molecule has 0 saturated heterocycles. The van der Waals surface area contributed by atoms with Crippen LogP contribution < -0.4 is 0 Å². The van der Waals surface area contributed by atoms with E-state index in [1.807, 2.05) is 44.7 Å². The Morgan fingerprint density at radius 1 is 0.933 bits per heavy atom. The molecule has 30 heavy (non-hydrogen) atoms. The number of aromatic hydroxyl groups is 1. The second-order valence-electron chi connectivity index (χ2n) is 6.77. The molecule has 0 bridgehead atoms. The van der Waals surface area contributed by atoms with Crippen LogP contribution in [0.4, 0.5) is 0 Å². The lowest BCUT2D eigenvalue weighted by molar-refractivity contribution is 0.252. The molecule has 0 aliphatic heterocycles. The van der Waals surface area contributed by atoms with Gasteiger partial charge in [-0.05, 0) is 68.9 Å². The van der Waals surface area contributed by atoms with Crippen LogP contribution in [0.25, 0.3) is 0 Å². The Balaban J connectivity index is 2.70. The molecule has 0 fully saturated rings. The topological polar surface area (TPSA) is 73.2 Å². The quantitative estimate of drug-likeness (QED) is 0.447. The lowest BCUT2D eigenvalue weighted by Gasteiger charge is -2.36. The molecule has 1 atom stereocenters. The average molecular weight is 452 g/mol. The number of benzene rings is 2. The van der Waals surface area contributed by atoms with Crippen molar-refractivity contribution in [3.05, 3.63) is 59.1 Å². The first-order valence-electron chi connectivity index (χ1n) is 10.2. The van der Waals surface area contributed by atoms with Crippen LogP contribution in [0.15, 0.2) is 57.8 Å². The van der Waals surface area contributed by atoms with Crippen LogP contribution in [-0.4, -0.2) is 55.3 Å². The second-order valence-corrected chi connectivity index (χ2v) is 8.81. The Kier molecular flexibility index (Phi) is 8.70. The minimum Gasteiger partial charge on any atom is -0.508 e. The molecule has 8 heteroatoms. The first-order valence-corrected chi connectivity index (χ1v) is 12.0. The molecule has 0 aliphatic carbocycles. The third-order valence-electron chi connectivity index (χ3n) is 5.04. The zero-order valence-corrected chi connectivity index (χ0v) is 19.5. The van der Waals surface area contributed by atoms with Crippen LogP contribution in [0, 0.1) is 0 Å². The SMILES string of the molecule is CCN(CC)/C(=N\S(=O)(=O)c1ccc(Cl)cc1)C(c1ccc(O)cc1)N(CC)CC. The fraction of sp³-hybridized carbons (Fsp3) is 0.409. The van der Waals surface area contributed by atoms with Crippen LogP contribution >= 0.6 is 11.6 Å². The van der Waals surface area contributed by atoms with Crippen molar-refractivity contribution < 1.29 is 13.5 Å². The fourth-order valence-corrected chi connectivity index (χ4v) is 4.55. The van der Waals surface area contributed by atoms with Gasteiger partial charge in [-0.1, -0.05) is 37.6 Å². The first-order chi connectivity index (χ1) is 14.3. The van der Waals surface area contributed by atoms with Gasteiger partial charge >= 0.3 is 0 Å². The Morgan fingerprint density at radius 3 is 1.93 bits per heavy atom. The summed E-state index contributed by atoms with van der Waals surface area (Å²) in [5.41, 5.74) is 0.869. The smallest absolute Gasteiger partial charge is 0.284 e. The number of sulfonamides is 1. The van der Waals surface area contributed by atoms with Gasteiger partial charge in [-0.15, -0.1) is 4.40 Å². The molecule has 164 valence electrons. The van der Waals surface area contributed by atoms with Crippen molar-refractivity contribution in [2.45, 2.75) is 38.6 Å². The molecular formula is C22H30ClN3O3S. The molecule has 2 aromatic carbocycles. The predicted molar refractivity (Wildman–Crippen MR) is 123 cm³/mol. The van der Waals surface area contributed by atoms with Gasteiger partial charge in [0, 0.05) is 18.1 Å². The highest BCUT2D eigenvalue weighted by atomic mass is 35.5. The summed E-state index contributed by atoms with van der Waals surface area (Å²) in [6.45, 7) is 10.7. The average Bonchev–Trinajstić information content (AvgIpc) is 2.73. The summed E-state index contributed by atoms with van der Waals surface area (Å²) in [6, 6.07) is 12.5. The highest BCUT2D eigenvalue weighted by Crippen LogP contribution is 2.28. The zero-order valence-electron chi connectivity index (χ0n) is 17.9. The molecule has 1 N–H and O–H groups in total. The largest absolute Gasteiger partial charge is 0.508 e. The number of rotatable bonds is 9. The number of likely N-dealkylation sites (N-methyl/N-ethyl adjacent to an activating group) is 2. The van der Waals surface area contributed by atoms with Crippen molar-refractivity contribution >= 4 is 27.5 Å². The lowest BCUT2D eigenvalue weighted by atomic mass is 10.0. The third kappa shape index (κ3) is 5.74. The highest BCUT2D eigenvalue weighted by molar-refractivity contribution is 7.90. The van der Waals surface area contributed by atoms with Gasteiger partial charge < -0.3 is 10.0 Å². The second kappa shape index (κ2) is 10.8. The van der Waals surface area contributed by atoms with E-state index in [2.05, 4.69) is 9.30 Å². The molecule has 6 nitrogen and oxygen atoms in total. The first kappa shape index (κ1) is 24.2. The van der Waals surface area contributed by atoms with Crippen molar-refractivity contribution in [3.8, 4) is 5.75 Å². The van der Waals surface area contributed by atoms with Gasteiger partial charge in [0.15, 0.2) is 0 Å². The Labute approximate surface area is 184 Å². The number of amidine groups is 1. The molecule has 0 radical (unpaired) electrons. The zero-order chi connectivity index (χ0) is 22.3. The predicted octanol–water partition coefficient (Wildman–Crippen LogP) is 4.56. The molecule has 2 aromatic rings. The number of hydrogen-bond acceptors (Lipinski definition) is 4. The molecule has 2 rings (SSSR count). The summed E-state index contributed by atoms with van der Waals surface area (Å²) in [4.78, 5) is 4.21. The van der Waals surface area contributed by atoms with Gasteiger partial charge in [0.25, 0.3) is 10.0 Å². The summed E-state index contributed by atoms with van der Waals surface area (Å²) < 4.78 is 30.7. The summed E-state index contributed by atoms with van der Waals surface area (Å²) in [5.74, 6) is 0.622. The molecule has 0 heterocycles. The van der Waals surface area contributed by atoms with E-state index in [1.54, 1.807) is 24.3 Å². The van der Waals surface area contributed by atoms with E-state index in [9.17, 15) is 13.5 Å². The fourth-order valence-electron chi connectivity index (χ4n) is 3.38. The molecule has 0 amide bonds. The highest BCUT2D eigenvalue weighted by Gasteiger charge is 2.29. The maximum absolute atomic E-state index is 13.2. The summed E-state index contributed by atoms with van der Waals surface area (Å²) in [6.07, 6.45) is 0. The maximum Gasteiger partial charge on any atom is 0.284 e. The standard InChI is InChI=1S/C22H30ClN3O3S/c1-5-25(6-2)21(17-9-13-19(27)14-10-17)22(26(7-3)8-4)24-30(28,29)20-15-11-18(23)12-16-20/h9-16,21,27H,5-8H2,1-4H3/b24-22-. The van der Waals surface area contributed by atoms with Gasteiger partial charge in [-0.2, -0.15) is 8.42 Å². The number of hydrogen-bond donors (Lipinski definition) is 1. The van der Waals surface area contributed by atoms with Gasteiger partial charge in [0.05, 0.1) is 10.9 Å². The molecule has 0 aromatic heterocycles. The van der Waals surface area contributed by atoms with E-state index in [0.717, 1.165) is 5.56 Å². The van der Waals surface area contributed by atoms with E-state index in [0.29, 0.717) is 37.0 Å². The van der Waals surface area contributed by atoms with Crippen molar-refractivity contribution in [2.75, 3.05) is 26.2 Å². The maximum atomic E-state index is 13.2. The van der Waals surface area contributed by atoms with E-state index in [4.69, 9.17) is 11.6 Å². The molecule has 0 spiro atoms. The van der Waals surface area contributed by atoms with Gasteiger partial charge in [-0.25, -0.2) is 0 Å². The molecule has 0 saturated carbocycles. The number of phenolic OH excluding ortho intramolecular Hbond substituents is 1. The molecule has 0 aliphatic rings. The van der Waals surface area contributed by atoms with E-state index in [-0.39, 0.29) is 16.7 Å². The number of halogens is 1. The van der Waals surface area contributed by atoms with E-state index in [1.165, 1.54) is 12.1 Å². The van der Waals surface area contributed by atoms with E-state index < -0.39 is 10.0 Å². The van der Waals surface area contributed by atoms with Crippen LogP contribution in [0.5, 0.6) is 5.75 Å². The van der Waals surface area contributed by atoms with Crippen LogP contribution in [0.3, 0.4) is 0 Å². The van der Waals surface area contributed by atoms with E-state index >= 15 is 0 Å². The molecule has 1 unspecified atom stereocenters. The van der Waals surface area contributed by atoms with Crippen molar-refractivity contribution in [1.82, 2.24) is 9.80 Å². The van der Waals surface area contributed by atoms with Crippen LogP contribution in [-0.2, 0) is 10.0 Å². The van der Waals surface area contributed by atoms with Gasteiger partial charge in [-0.3, -0.25) is 4.90 Å². The van der Waals surface area contributed by atoms with Crippen LogP contribution in [0.2, 0.25) is 5.02 Å².